The quantitative estimate of drug-likeness (QED) is 0.727. The lowest BCUT2D eigenvalue weighted by Crippen LogP contribution is -2.25. The molecule has 2 aromatic carbocycles. The van der Waals surface area contributed by atoms with Crippen molar-refractivity contribution in [3.05, 3.63) is 64.7 Å². The molecule has 3 nitrogen and oxygen atoms in total. The molecular weight excluding hydrogens is 312 g/mol. The lowest BCUT2D eigenvalue weighted by Gasteiger charge is -2.34. The van der Waals surface area contributed by atoms with E-state index in [1.807, 2.05) is 18.2 Å². The van der Waals surface area contributed by atoms with E-state index in [0.717, 1.165) is 29.5 Å². The number of hydrogen-bond donors (Lipinski definition) is 2. The zero-order valence-corrected chi connectivity index (χ0v) is 14.5. The van der Waals surface area contributed by atoms with Gasteiger partial charge in [0.2, 0.25) is 0 Å². The fourth-order valence-electron chi connectivity index (χ4n) is 3.67. The van der Waals surface area contributed by atoms with E-state index in [0.29, 0.717) is 5.75 Å². The molecule has 0 radical (unpaired) electrons. The summed E-state index contributed by atoms with van der Waals surface area (Å²) in [5, 5.41) is 19.3. The number of phenolic OH excluding ortho intramolecular Hbond substituents is 1. The van der Waals surface area contributed by atoms with Crippen LogP contribution in [0, 0.1) is 0 Å². The third kappa shape index (κ3) is 3.93. The van der Waals surface area contributed by atoms with Crippen LogP contribution in [0.2, 0.25) is 0 Å². The first-order valence-corrected chi connectivity index (χ1v) is 8.83. The Bertz CT molecular complexity index is 781. The minimum Gasteiger partial charge on any atom is -0.508 e. The second kappa shape index (κ2) is 7.14. The molecule has 25 heavy (non-hydrogen) atoms. The highest BCUT2D eigenvalue weighted by atomic mass is 16.4. The smallest absolute Gasteiger partial charge is 0.335 e. The molecule has 1 aliphatic carbocycles. The molecule has 0 aliphatic heterocycles. The summed E-state index contributed by atoms with van der Waals surface area (Å²) in [6, 6.07) is 12.6. The van der Waals surface area contributed by atoms with Crippen LogP contribution >= 0.6 is 0 Å². The fourth-order valence-corrected chi connectivity index (χ4v) is 3.67. The summed E-state index contributed by atoms with van der Waals surface area (Å²) in [7, 11) is 0. The molecule has 3 rings (SSSR count). The minimum absolute atomic E-state index is 0.0509. The zero-order chi connectivity index (χ0) is 17.9. The Balaban J connectivity index is 1.83. The summed E-state index contributed by atoms with van der Waals surface area (Å²) < 4.78 is 0. The number of carbonyl (C=O) groups is 1. The van der Waals surface area contributed by atoms with Crippen molar-refractivity contribution in [2.24, 2.45) is 0 Å². The molecule has 0 unspecified atom stereocenters. The van der Waals surface area contributed by atoms with Crippen LogP contribution in [0.4, 0.5) is 0 Å². The van der Waals surface area contributed by atoms with E-state index >= 15 is 0 Å². The number of benzene rings is 2. The van der Waals surface area contributed by atoms with E-state index in [1.54, 1.807) is 30.3 Å². The molecule has 1 saturated carbocycles. The molecule has 0 atom stereocenters. The minimum atomic E-state index is -0.917. The molecule has 2 N–H and O–H groups in total. The Kier molecular flexibility index (Phi) is 4.93. The van der Waals surface area contributed by atoms with Gasteiger partial charge in [-0.15, -0.1) is 0 Å². The first-order valence-electron chi connectivity index (χ1n) is 8.83. The van der Waals surface area contributed by atoms with Gasteiger partial charge in [-0.1, -0.05) is 56.5 Å². The van der Waals surface area contributed by atoms with E-state index < -0.39 is 5.97 Å². The van der Waals surface area contributed by atoms with Crippen molar-refractivity contribution in [2.75, 3.05) is 0 Å². The Hall–Kier alpha value is -2.55. The molecule has 0 heterocycles. The van der Waals surface area contributed by atoms with E-state index in [4.69, 9.17) is 5.11 Å². The van der Waals surface area contributed by atoms with Crippen molar-refractivity contribution in [2.45, 2.75) is 44.4 Å². The first kappa shape index (κ1) is 17.3. The molecule has 0 saturated heterocycles. The van der Waals surface area contributed by atoms with Crippen molar-refractivity contribution in [1.82, 2.24) is 0 Å². The number of hydrogen-bond acceptors (Lipinski definition) is 2. The maximum Gasteiger partial charge on any atom is 0.335 e. The van der Waals surface area contributed by atoms with Gasteiger partial charge in [-0.05, 0) is 53.6 Å². The normalized spacial score (nSPS) is 16.8. The number of carboxylic acid groups (broad SMARTS) is 1. The van der Waals surface area contributed by atoms with Gasteiger partial charge in [0, 0.05) is 5.56 Å². The first-order chi connectivity index (χ1) is 12.0. The molecule has 0 amide bonds. The largest absolute Gasteiger partial charge is 0.508 e. The highest BCUT2D eigenvalue weighted by molar-refractivity contribution is 5.88. The van der Waals surface area contributed by atoms with E-state index in [1.165, 1.54) is 19.3 Å². The summed E-state index contributed by atoms with van der Waals surface area (Å²) in [6.45, 7) is 2.25. The Morgan fingerprint density at radius 1 is 0.960 bits per heavy atom. The van der Waals surface area contributed by atoms with Gasteiger partial charge in [-0.3, -0.25) is 0 Å². The average molecular weight is 336 g/mol. The van der Waals surface area contributed by atoms with E-state index in [2.05, 4.69) is 13.0 Å². The standard InChI is InChI=1S/C22H24O3/c1-22(13-3-2-4-14-22)19-15-17(9-12-20(19)23)6-5-16-7-10-18(11-8-16)21(24)25/h5-12,15,23H,2-4,13-14H2,1H3,(H,24,25)/b6-5+. The molecule has 130 valence electrons. The second-order valence-corrected chi connectivity index (χ2v) is 7.16. The van der Waals surface area contributed by atoms with Gasteiger partial charge in [0.1, 0.15) is 5.75 Å². The van der Waals surface area contributed by atoms with Crippen LogP contribution in [0.3, 0.4) is 0 Å². The third-order valence-electron chi connectivity index (χ3n) is 5.25. The Morgan fingerprint density at radius 3 is 2.20 bits per heavy atom. The van der Waals surface area contributed by atoms with Crippen molar-refractivity contribution < 1.29 is 15.0 Å². The Morgan fingerprint density at radius 2 is 1.56 bits per heavy atom. The van der Waals surface area contributed by atoms with Gasteiger partial charge in [0.05, 0.1) is 5.56 Å². The predicted octanol–water partition coefficient (Wildman–Crippen LogP) is 5.48. The van der Waals surface area contributed by atoms with Crippen LogP contribution in [-0.2, 0) is 5.41 Å². The summed E-state index contributed by atoms with van der Waals surface area (Å²) in [6.07, 6.45) is 9.91. The van der Waals surface area contributed by atoms with Crippen LogP contribution in [0.25, 0.3) is 12.2 Å². The van der Waals surface area contributed by atoms with Gasteiger partial charge in [-0.25, -0.2) is 4.79 Å². The van der Waals surface area contributed by atoms with Crippen LogP contribution < -0.4 is 0 Å². The molecular formula is C22H24O3. The monoisotopic (exact) mass is 336 g/mol. The Labute approximate surface area is 148 Å². The summed E-state index contributed by atoms with van der Waals surface area (Å²) in [5.74, 6) is -0.535. The van der Waals surface area contributed by atoms with E-state index in [9.17, 15) is 9.90 Å². The van der Waals surface area contributed by atoms with Gasteiger partial charge in [0.15, 0.2) is 0 Å². The number of phenols is 1. The van der Waals surface area contributed by atoms with Crippen molar-refractivity contribution in [3.63, 3.8) is 0 Å². The average Bonchev–Trinajstić information content (AvgIpc) is 2.62. The lowest BCUT2D eigenvalue weighted by atomic mass is 9.70. The molecule has 0 spiro atoms. The second-order valence-electron chi connectivity index (χ2n) is 7.16. The highest BCUT2D eigenvalue weighted by Gasteiger charge is 2.31. The van der Waals surface area contributed by atoms with Crippen molar-refractivity contribution in [1.29, 1.82) is 0 Å². The number of rotatable bonds is 4. The van der Waals surface area contributed by atoms with Crippen molar-refractivity contribution >= 4 is 18.1 Å². The zero-order valence-electron chi connectivity index (χ0n) is 14.5. The van der Waals surface area contributed by atoms with E-state index in [-0.39, 0.29) is 11.0 Å². The lowest BCUT2D eigenvalue weighted by molar-refractivity contribution is 0.0697. The van der Waals surface area contributed by atoms with Gasteiger partial charge in [0.25, 0.3) is 0 Å². The van der Waals surface area contributed by atoms with Gasteiger partial charge < -0.3 is 10.2 Å². The fraction of sp³-hybridized carbons (Fsp3) is 0.318. The van der Waals surface area contributed by atoms with Crippen LogP contribution in [0.15, 0.2) is 42.5 Å². The third-order valence-corrected chi connectivity index (χ3v) is 5.25. The van der Waals surface area contributed by atoms with Crippen molar-refractivity contribution in [3.8, 4) is 5.75 Å². The van der Waals surface area contributed by atoms with Crippen LogP contribution in [-0.4, -0.2) is 16.2 Å². The molecule has 0 bridgehead atoms. The topological polar surface area (TPSA) is 57.5 Å². The van der Waals surface area contributed by atoms with Gasteiger partial charge >= 0.3 is 5.97 Å². The molecule has 2 aromatic rings. The predicted molar refractivity (Wildman–Crippen MR) is 101 cm³/mol. The molecule has 1 fully saturated rings. The summed E-state index contributed by atoms with van der Waals surface area (Å²) >= 11 is 0. The van der Waals surface area contributed by atoms with Crippen LogP contribution in [0.1, 0.15) is 66.1 Å². The number of aromatic carboxylic acids is 1. The number of aromatic hydroxyl groups is 1. The maximum atomic E-state index is 10.9. The molecule has 0 aromatic heterocycles. The summed E-state index contributed by atoms with van der Waals surface area (Å²) in [4.78, 5) is 10.9. The maximum absolute atomic E-state index is 10.9. The van der Waals surface area contributed by atoms with Gasteiger partial charge in [-0.2, -0.15) is 0 Å². The highest BCUT2D eigenvalue weighted by Crippen LogP contribution is 2.43. The number of carboxylic acids is 1. The molecule has 1 aliphatic rings. The molecule has 3 heteroatoms. The summed E-state index contributed by atoms with van der Waals surface area (Å²) in [5.41, 5.74) is 3.37. The van der Waals surface area contributed by atoms with Crippen LogP contribution in [0.5, 0.6) is 5.75 Å². The SMILES string of the molecule is CC1(c2cc(/C=C/c3ccc(C(=O)O)cc3)ccc2O)CCCCC1.